The number of hydrogen-bond donors (Lipinski definition) is 2. The molecule has 0 aliphatic carbocycles. The highest BCUT2D eigenvalue weighted by Gasteiger charge is 2.17. The Labute approximate surface area is 188 Å². The second-order valence-corrected chi connectivity index (χ2v) is 7.32. The molecular weight excluding hydrogens is 441 g/mol. The fourth-order valence-electron chi connectivity index (χ4n) is 2.63. The summed E-state index contributed by atoms with van der Waals surface area (Å²) in [7, 11) is 0. The maximum absolute atomic E-state index is 12.5. The number of pyridine rings is 1. The lowest BCUT2D eigenvalue weighted by atomic mass is 10.1. The van der Waals surface area contributed by atoms with Crippen molar-refractivity contribution in [2.75, 3.05) is 17.2 Å². The molecule has 158 valence electrons. The van der Waals surface area contributed by atoms with Gasteiger partial charge in [0.15, 0.2) is 12.4 Å². The number of hydrogen-bond acceptors (Lipinski definition) is 5. The molecule has 2 N–H and O–H groups in total. The summed E-state index contributed by atoms with van der Waals surface area (Å²) in [5.74, 6) is -1.68. The Morgan fingerprint density at radius 3 is 2.52 bits per heavy atom. The van der Waals surface area contributed by atoms with Gasteiger partial charge in [-0.15, -0.1) is 0 Å². The number of carbonyl (C=O) groups excluding carboxylic acids is 3. The van der Waals surface area contributed by atoms with Gasteiger partial charge in [-0.25, -0.2) is 9.78 Å². The first-order valence-corrected chi connectivity index (χ1v) is 9.84. The molecule has 0 radical (unpaired) electrons. The van der Waals surface area contributed by atoms with Crippen LogP contribution in [0.3, 0.4) is 0 Å². The van der Waals surface area contributed by atoms with Crippen molar-refractivity contribution in [3.05, 3.63) is 87.5 Å². The third-order valence-corrected chi connectivity index (χ3v) is 4.57. The maximum atomic E-state index is 12.5. The van der Waals surface area contributed by atoms with E-state index in [0.29, 0.717) is 10.6 Å². The fourth-order valence-corrected chi connectivity index (χ4v) is 3.06. The molecule has 0 aliphatic heterocycles. The Balaban J connectivity index is 1.64. The molecule has 31 heavy (non-hydrogen) atoms. The Hall–Kier alpha value is -3.42. The molecule has 0 bridgehead atoms. The molecular formula is C22H17Cl2N3O4. The van der Waals surface area contributed by atoms with Gasteiger partial charge in [0.25, 0.3) is 11.8 Å². The van der Waals surface area contributed by atoms with E-state index in [1.807, 2.05) is 13.0 Å². The van der Waals surface area contributed by atoms with Crippen LogP contribution in [0.4, 0.5) is 11.5 Å². The third-order valence-electron chi connectivity index (χ3n) is 4.08. The first-order valence-electron chi connectivity index (χ1n) is 9.08. The number of nitrogens with zero attached hydrogens (tertiary/aromatic N) is 1. The molecule has 1 aromatic heterocycles. The smallest absolute Gasteiger partial charge is 0.340 e. The van der Waals surface area contributed by atoms with E-state index >= 15 is 0 Å². The first-order chi connectivity index (χ1) is 14.8. The average Bonchev–Trinajstić information content (AvgIpc) is 2.74. The number of amides is 2. The molecule has 0 atom stereocenters. The van der Waals surface area contributed by atoms with Crippen molar-refractivity contribution in [2.45, 2.75) is 6.92 Å². The average molecular weight is 458 g/mol. The molecule has 0 saturated carbocycles. The van der Waals surface area contributed by atoms with Gasteiger partial charge in [0, 0.05) is 11.8 Å². The van der Waals surface area contributed by atoms with E-state index in [4.69, 9.17) is 27.9 Å². The summed E-state index contributed by atoms with van der Waals surface area (Å²) in [5.41, 5.74) is 1.76. The lowest BCUT2D eigenvalue weighted by molar-refractivity contribution is -0.119. The quantitative estimate of drug-likeness (QED) is 0.520. The zero-order chi connectivity index (χ0) is 22.4. The molecule has 3 rings (SSSR count). The number of esters is 1. The number of aromatic nitrogens is 1. The minimum absolute atomic E-state index is 0.0953. The second-order valence-electron chi connectivity index (χ2n) is 6.48. The number of anilines is 2. The van der Waals surface area contributed by atoms with Crippen LogP contribution in [0.2, 0.25) is 10.0 Å². The van der Waals surface area contributed by atoms with Crippen molar-refractivity contribution in [1.82, 2.24) is 4.98 Å². The molecule has 0 aliphatic rings. The van der Waals surface area contributed by atoms with Crippen molar-refractivity contribution >= 4 is 52.5 Å². The monoisotopic (exact) mass is 457 g/mol. The van der Waals surface area contributed by atoms with Gasteiger partial charge >= 0.3 is 5.97 Å². The van der Waals surface area contributed by atoms with E-state index in [-0.39, 0.29) is 28.0 Å². The van der Waals surface area contributed by atoms with Crippen LogP contribution in [-0.2, 0) is 9.53 Å². The third kappa shape index (κ3) is 6.04. The summed E-state index contributed by atoms with van der Waals surface area (Å²) < 4.78 is 5.07. The lowest BCUT2D eigenvalue weighted by Crippen LogP contribution is -2.22. The number of nitrogens with one attached hydrogen (secondary N) is 2. The number of ether oxygens (including phenoxy) is 1. The van der Waals surface area contributed by atoms with Crippen LogP contribution in [-0.4, -0.2) is 29.4 Å². The van der Waals surface area contributed by atoms with E-state index in [1.165, 1.54) is 18.3 Å². The van der Waals surface area contributed by atoms with E-state index < -0.39 is 18.5 Å². The predicted octanol–water partition coefficient (Wildman–Crippen LogP) is 4.74. The number of carbonyl (C=O) groups is 3. The van der Waals surface area contributed by atoms with Crippen LogP contribution in [0.15, 0.2) is 60.8 Å². The molecule has 7 nitrogen and oxygen atoms in total. The number of halogens is 2. The highest BCUT2D eigenvalue weighted by atomic mass is 35.5. The van der Waals surface area contributed by atoms with Gasteiger partial charge in [0.05, 0.1) is 21.3 Å². The molecule has 0 unspecified atom stereocenters. The van der Waals surface area contributed by atoms with Crippen LogP contribution >= 0.6 is 23.2 Å². The van der Waals surface area contributed by atoms with Gasteiger partial charge < -0.3 is 15.4 Å². The number of rotatable bonds is 6. The van der Waals surface area contributed by atoms with Gasteiger partial charge in [-0.05, 0) is 37.3 Å². The summed E-state index contributed by atoms with van der Waals surface area (Å²) in [5, 5.41) is 5.59. The summed E-state index contributed by atoms with van der Waals surface area (Å²) in [6.45, 7) is 1.31. The van der Waals surface area contributed by atoms with Crippen molar-refractivity contribution in [3.8, 4) is 0 Å². The van der Waals surface area contributed by atoms with Crippen LogP contribution < -0.4 is 10.6 Å². The molecule has 3 aromatic rings. The Bertz CT molecular complexity index is 1150. The summed E-state index contributed by atoms with van der Waals surface area (Å²) in [6, 6.07) is 14.8. The zero-order valence-corrected chi connectivity index (χ0v) is 17.8. The minimum atomic E-state index is -0.773. The van der Waals surface area contributed by atoms with Gasteiger partial charge in [-0.1, -0.05) is 53.0 Å². The normalized spacial score (nSPS) is 10.3. The molecule has 0 spiro atoms. The highest BCUT2D eigenvalue weighted by molar-refractivity contribution is 6.36. The van der Waals surface area contributed by atoms with Crippen LogP contribution in [0.1, 0.15) is 26.3 Å². The Morgan fingerprint density at radius 1 is 1.00 bits per heavy atom. The van der Waals surface area contributed by atoms with Crippen molar-refractivity contribution in [2.24, 2.45) is 0 Å². The molecule has 9 heteroatoms. The predicted molar refractivity (Wildman–Crippen MR) is 119 cm³/mol. The fraction of sp³-hybridized carbons (Fsp3) is 0.0909. The molecule has 0 saturated heterocycles. The Morgan fingerprint density at radius 2 is 1.77 bits per heavy atom. The van der Waals surface area contributed by atoms with Crippen LogP contribution in [0.5, 0.6) is 0 Å². The lowest BCUT2D eigenvalue weighted by Gasteiger charge is -2.11. The summed E-state index contributed by atoms with van der Waals surface area (Å²) in [4.78, 5) is 41.0. The zero-order valence-electron chi connectivity index (χ0n) is 16.3. The highest BCUT2D eigenvalue weighted by Crippen LogP contribution is 2.22. The number of para-hydroxylation sites is 1. The van der Waals surface area contributed by atoms with Gasteiger partial charge in [-0.2, -0.15) is 0 Å². The number of aryl methyl sites for hydroxylation is 1. The maximum Gasteiger partial charge on any atom is 0.340 e. The van der Waals surface area contributed by atoms with Crippen LogP contribution in [0, 0.1) is 6.92 Å². The van der Waals surface area contributed by atoms with Crippen molar-refractivity contribution in [1.29, 1.82) is 0 Å². The largest absolute Gasteiger partial charge is 0.452 e. The van der Waals surface area contributed by atoms with E-state index in [9.17, 15) is 14.4 Å². The first kappa shape index (κ1) is 22.3. The van der Waals surface area contributed by atoms with Crippen molar-refractivity contribution < 1.29 is 19.1 Å². The second kappa shape index (κ2) is 10.1. The topological polar surface area (TPSA) is 97.4 Å². The van der Waals surface area contributed by atoms with Gasteiger partial charge in [0.2, 0.25) is 0 Å². The Kier molecular flexibility index (Phi) is 7.23. The van der Waals surface area contributed by atoms with E-state index in [0.717, 1.165) is 5.56 Å². The van der Waals surface area contributed by atoms with E-state index in [2.05, 4.69) is 15.6 Å². The molecule has 1 heterocycles. The van der Waals surface area contributed by atoms with Crippen molar-refractivity contribution in [3.63, 3.8) is 0 Å². The molecule has 2 amide bonds. The van der Waals surface area contributed by atoms with Gasteiger partial charge in [-0.3, -0.25) is 9.59 Å². The molecule has 0 fully saturated rings. The minimum Gasteiger partial charge on any atom is -0.452 e. The number of benzene rings is 2. The van der Waals surface area contributed by atoms with E-state index in [1.54, 1.807) is 36.4 Å². The molecule has 2 aromatic carbocycles. The van der Waals surface area contributed by atoms with Gasteiger partial charge in [0.1, 0.15) is 0 Å². The standard InChI is InChI=1S/C22H17Cl2N3O4/c1-13-5-4-6-14(9-13)21(29)26-18-8-3-2-7-16(18)22(30)31-12-19(28)27-20-17(24)10-15(23)11-25-20/h2-11H,12H2,1H3,(H,26,29)(H,25,27,28). The summed E-state index contributed by atoms with van der Waals surface area (Å²) >= 11 is 11.7. The summed E-state index contributed by atoms with van der Waals surface area (Å²) in [6.07, 6.45) is 1.32. The SMILES string of the molecule is Cc1cccc(C(=O)Nc2ccccc2C(=O)OCC(=O)Nc2ncc(Cl)cc2Cl)c1. The van der Waals surface area contributed by atoms with Crippen LogP contribution in [0.25, 0.3) is 0 Å².